The number of aromatic nitrogens is 1. The van der Waals surface area contributed by atoms with Crippen molar-refractivity contribution >= 4 is 22.9 Å². The van der Waals surface area contributed by atoms with E-state index in [0.717, 1.165) is 18.8 Å². The summed E-state index contributed by atoms with van der Waals surface area (Å²) in [6.45, 7) is 6.12. The normalized spacial score (nSPS) is 25.2. The molecule has 0 saturated heterocycles. The van der Waals surface area contributed by atoms with Crippen LogP contribution >= 0.6 is 22.9 Å². The highest BCUT2D eigenvalue weighted by atomic mass is 35.5. The molecule has 0 spiro atoms. The smallest absolute Gasteiger partial charge is 0.107 e. The molecule has 0 amide bonds. The number of halogens is 1. The van der Waals surface area contributed by atoms with E-state index in [2.05, 4.69) is 24.1 Å². The molecule has 16 heavy (non-hydrogen) atoms. The summed E-state index contributed by atoms with van der Waals surface area (Å²) in [6, 6.07) is 0. The van der Waals surface area contributed by atoms with Crippen LogP contribution in [0, 0.1) is 19.8 Å². The lowest BCUT2D eigenvalue weighted by Gasteiger charge is -2.13. The molecule has 1 aliphatic rings. The average Bonchev–Trinajstić information content (AvgIpc) is 2.76. The predicted molar refractivity (Wildman–Crippen MR) is 70.3 cm³/mol. The molecule has 4 heteroatoms. The summed E-state index contributed by atoms with van der Waals surface area (Å²) >= 11 is 8.03. The van der Waals surface area contributed by atoms with Crippen LogP contribution in [0.5, 0.6) is 0 Å². The maximum Gasteiger partial charge on any atom is 0.107 e. The van der Waals surface area contributed by atoms with Crippen LogP contribution < -0.4 is 5.32 Å². The number of hydrogen-bond acceptors (Lipinski definition) is 3. The van der Waals surface area contributed by atoms with E-state index in [1.807, 2.05) is 0 Å². The molecular formula is C12H19ClN2S. The summed E-state index contributed by atoms with van der Waals surface area (Å²) in [5, 5.41) is 5.05. The van der Waals surface area contributed by atoms with Crippen LogP contribution in [0.4, 0.5) is 0 Å². The zero-order valence-electron chi connectivity index (χ0n) is 9.92. The van der Waals surface area contributed by atoms with Gasteiger partial charge in [-0.2, -0.15) is 0 Å². The van der Waals surface area contributed by atoms with Crippen molar-refractivity contribution in [1.82, 2.24) is 10.3 Å². The standard InChI is InChI=1S/C12H19ClN2S/c1-8-9(2)16-12(15-8)7-14-6-10-4-3-5-11(10)13/h10-11,14H,3-7H2,1-2H3. The second kappa shape index (κ2) is 5.48. The fourth-order valence-corrected chi connectivity index (χ4v) is 3.47. The van der Waals surface area contributed by atoms with Crippen molar-refractivity contribution in [2.75, 3.05) is 6.54 Å². The van der Waals surface area contributed by atoms with Crippen molar-refractivity contribution in [3.8, 4) is 0 Å². The first-order chi connectivity index (χ1) is 7.66. The molecule has 0 aliphatic heterocycles. The largest absolute Gasteiger partial charge is 0.310 e. The van der Waals surface area contributed by atoms with Gasteiger partial charge in [0, 0.05) is 16.8 Å². The summed E-state index contributed by atoms with van der Waals surface area (Å²) < 4.78 is 0. The SMILES string of the molecule is Cc1nc(CNCC2CCCC2Cl)sc1C. The van der Waals surface area contributed by atoms with Gasteiger partial charge < -0.3 is 5.32 Å². The Bertz CT molecular complexity index is 331. The second-order valence-electron chi connectivity index (χ2n) is 4.59. The molecule has 1 saturated carbocycles. The Hall–Kier alpha value is -0.120. The quantitative estimate of drug-likeness (QED) is 0.839. The second-order valence-corrected chi connectivity index (χ2v) is 6.44. The van der Waals surface area contributed by atoms with Gasteiger partial charge in [-0.25, -0.2) is 4.98 Å². The summed E-state index contributed by atoms with van der Waals surface area (Å²) in [4.78, 5) is 5.84. The number of nitrogens with zero attached hydrogens (tertiary/aromatic N) is 1. The molecule has 2 nitrogen and oxygen atoms in total. The van der Waals surface area contributed by atoms with Gasteiger partial charge in [-0.05, 0) is 39.2 Å². The van der Waals surface area contributed by atoms with Crippen LogP contribution in [-0.2, 0) is 6.54 Å². The highest BCUT2D eigenvalue weighted by molar-refractivity contribution is 7.11. The highest BCUT2D eigenvalue weighted by Gasteiger charge is 2.24. The molecule has 2 rings (SSSR count). The number of hydrogen-bond donors (Lipinski definition) is 1. The highest BCUT2D eigenvalue weighted by Crippen LogP contribution is 2.29. The molecule has 2 unspecified atom stereocenters. The van der Waals surface area contributed by atoms with Gasteiger partial charge in [-0.1, -0.05) is 6.42 Å². The molecule has 1 aliphatic carbocycles. The number of aryl methyl sites for hydroxylation is 2. The molecule has 90 valence electrons. The molecule has 1 heterocycles. The molecule has 1 fully saturated rings. The Morgan fingerprint density at radius 1 is 1.44 bits per heavy atom. The van der Waals surface area contributed by atoms with E-state index < -0.39 is 0 Å². The van der Waals surface area contributed by atoms with Crippen LogP contribution in [0.15, 0.2) is 0 Å². The monoisotopic (exact) mass is 258 g/mol. The lowest BCUT2D eigenvalue weighted by molar-refractivity contribution is 0.493. The third-order valence-corrected chi connectivity index (χ3v) is 4.97. The minimum absolute atomic E-state index is 0.382. The summed E-state index contributed by atoms with van der Waals surface area (Å²) in [5.41, 5.74) is 1.16. The molecule has 0 bridgehead atoms. The van der Waals surface area contributed by atoms with Gasteiger partial charge in [0.2, 0.25) is 0 Å². The van der Waals surface area contributed by atoms with Gasteiger partial charge in [-0.15, -0.1) is 22.9 Å². The third kappa shape index (κ3) is 2.96. The Kier molecular flexibility index (Phi) is 4.22. The van der Waals surface area contributed by atoms with Crippen LogP contribution in [0.25, 0.3) is 0 Å². The number of alkyl halides is 1. The molecule has 0 aromatic carbocycles. The van der Waals surface area contributed by atoms with Crippen molar-refractivity contribution in [3.63, 3.8) is 0 Å². The van der Waals surface area contributed by atoms with E-state index in [1.165, 1.54) is 29.1 Å². The first kappa shape index (κ1) is 12.3. The van der Waals surface area contributed by atoms with Crippen LogP contribution in [0.1, 0.15) is 34.8 Å². The fraction of sp³-hybridized carbons (Fsp3) is 0.750. The Morgan fingerprint density at radius 3 is 2.81 bits per heavy atom. The van der Waals surface area contributed by atoms with E-state index in [-0.39, 0.29) is 0 Å². The van der Waals surface area contributed by atoms with Crippen molar-refractivity contribution in [2.45, 2.75) is 45.0 Å². The zero-order valence-corrected chi connectivity index (χ0v) is 11.5. The minimum Gasteiger partial charge on any atom is -0.310 e. The topological polar surface area (TPSA) is 24.9 Å². The third-order valence-electron chi connectivity index (χ3n) is 3.32. The van der Waals surface area contributed by atoms with Gasteiger partial charge in [0.25, 0.3) is 0 Å². The van der Waals surface area contributed by atoms with Crippen LogP contribution in [0.2, 0.25) is 0 Å². The van der Waals surface area contributed by atoms with Gasteiger partial charge in [0.05, 0.1) is 5.69 Å². The van der Waals surface area contributed by atoms with E-state index in [0.29, 0.717) is 11.3 Å². The number of nitrogens with one attached hydrogen (secondary N) is 1. The first-order valence-electron chi connectivity index (χ1n) is 5.94. The molecule has 1 aromatic heterocycles. The maximum absolute atomic E-state index is 6.24. The molecule has 0 radical (unpaired) electrons. The Balaban J connectivity index is 1.75. The molecule has 1 aromatic rings. The van der Waals surface area contributed by atoms with Gasteiger partial charge in [-0.3, -0.25) is 0 Å². The minimum atomic E-state index is 0.382. The predicted octanol–water partition coefficient (Wildman–Crippen LogP) is 3.26. The van der Waals surface area contributed by atoms with Gasteiger partial charge >= 0.3 is 0 Å². The van der Waals surface area contributed by atoms with Crippen molar-refractivity contribution < 1.29 is 0 Å². The van der Waals surface area contributed by atoms with Crippen molar-refractivity contribution in [1.29, 1.82) is 0 Å². The molecule has 1 N–H and O–H groups in total. The maximum atomic E-state index is 6.24. The summed E-state index contributed by atoms with van der Waals surface area (Å²) in [5.74, 6) is 0.656. The van der Waals surface area contributed by atoms with E-state index in [4.69, 9.17) is 11.6 Å². The van der Waals surface area contributed by atoms with Gasteiger partial charge in [0.15, 0.2) is 0 Å². The number of thiazole rings is 1. The van der Waals surface area contributed by atoms with Crippen LogP contribution in [0.3, 0.4) is 0 Å². The van der Waals surface area contributed by atoms with Crippen LogP contribution in [-0.4, -0.2) is 16.9 Å². The van der Waals surface area contributed by atoms with E-state index in [1.54, 1.807) is 11.3 Å². The summed E-state index contributed by atoms with van der Waals surface area (Å²) in [7, 11) is 0. The average molecular weight is 259 g/mol. The lowest BCUT2D eigenvalue weighted by Crippen LogP contribution is -2.25. The lowest BCUT2D eigenvalue weighted by atomic mass is 10.1. The number of rotatable bonds is 4. The molecule has 2 atom stereocenters. The molecular weight excluding hydrogens is 240 g/mol. The van der Waals surface area contributed by atoms with E-state index >= 15 is 0 Å². The zero-order chi connectivity index (χ0) is 11.5. The Morgan fingerprint density at radius 2 is 2.25 bits per heavy atom. The fourth-order valence-electron chi connectivity index (χ4n) is 2.20. The summed E-state index contributed by atoms with van der Waals surface area (Å²) in [6.07, 6.45) is 3.75. The first-order valence-corrected chi connectivity index (χ1v) is 7.20. The Labute approximate surface area is 106 Å². The van der Waals surface area contributed by atoms with Crippen molar-refractivity contribution in [2.24, 2.45) is 5.92 Å². The van der Waals surface area contributed by atoms with Crippen molar-refractivity contribution in [3.05, 3.63) is 15.6 Å². The van der Waals surface area contributed by atoms with Gasteiger partial charge in [0.1, 0.15) is 5.01 Å². The van der Waals surface area contributed by atoms with E-state index in [9.17, 15) is 0 Å².